The molecule has 2 heteroatoms. The minimum atomic E-state index is -0.135. The lowest BCUT2D eigenvalue weighted by Gasteiger charge is -2.60. The van der Waals surface area contributed by atoms with E-state index in [0.717, 1.165) is 30.1 Å². The van der Waals surface area contributed by atoms with Gasteiger partial charge in [0, 0.05) is 11.5 Å². The van der Waals surface area contributed by atoms with Gasteiger partial charge in [-0.3, -0.25) is 0 Å². The summed E-state index contributed by atoms with van der Waals surface area (Å²) in [5.74, 6) is 4.57. The molecule has 4 rings (SSSR count). The van der Waals surface area contributed by atoms with Gasteiger partial charge in [0.2, 0.25) is 0 Å². The van der Waals surface area contributed by atoms with Gasteiger partial charge >= 0.3 is 5.97 Å². The first-order valence-electron chi connectivity index (χ1n) is 10.2. The number of ether oxygens (including phenoxy) is 1. The Hall–Kier alpha value is -0.790. The SMILES string of the molecule is CC(C)C1CC[C@H]2[C@@H]3C(C)CC4OC(=O)C=C[C@]4(C)[C@@H]3CC[C@]12C. The van der Waals surface area contributed by atoms with Gasteiger partial charge in [0.05, 0.1) is 0 Å². The van der Waals surface area contributed by atoms with Gasteiger partial charge in [-0.25, -0.2) is 4.79 Å². The summed E-state index contributed by atoms with van der Waals surface area (Å²) in [7, 11) is 0. The van der Waals surface area contributed by atoms with Gasteiger partial charge in [0.1, 0.15) is 6.10 Å². The van der Waals surface area contributed by atoms with Crippen molar-refractivity contribution >= 4 is 5.97 Å². The summed E-state index contributed by atoms with van der Waals surface area (Å²) in [4.78, 5) is 11.8. The number of fused-ring (bicyclic) bond motifs is 5. The van der Waals surface area contributed by atoms with E-state index in [1.165, 1.54) is 25.7 Å². The first-order valence-corrected chi connectivity index (χ1v) is 10.2. The molecule has 0 aromatic heterocycles. The molecule has 0 amide bonds. The predicted molar refractivity (Wildman–Crippen MR) is 96.3 cm³/mol. The first-order chi connectivity index (χ1) is 11.3. The van der Waals surface area contributed by atoms with Crippen molar-refractivity contribution in [2.45, 2.75) is 72.8 Å². The van der Waals surface area contributed by atoms with E-state index >= 15 is 0 Å². The molecule has 0 saturated heterocycles. The maximum Gasteiger partial charge on any atom is 0.330 e. The van der Waals surface area contributed by atoms with Crippen LogP contribution >= 0.6 is 0 Å². The standard InChI is InChI=1S/C22H34O2/c1-13(2)15-6-7-16-20-14(3)12-18-22(5,11-9-19(23)24-18)17(20)8-10-21(15,16)4/h9,11,13-18,20H,6-8,10,12H2,1-5H3/t14?,15?,16-,17+,18?,20-,21+,22+/m0/s1. The van der Waals surface area contributed by atoms with E-state index in [0.29, 0.717) is 17.3 Å². The molecule has 3 fully saturated rings. The van der Waals surface area contributed by atoms with Gasteiger partial charge in [-0.05, 0) is 73.0 Å². The van der Waals surface area contributed by atoms with Crippen LogP contribution in [0.15, 0.2) is 12.2 Å². The number of hydrogen-bond acceptors (Lipinski definition) is 2. The highest BCUT2D eigenvalue weighted by atomic mass is 16.5. The second-order valence-corrected chi connectivity index (χ2v) is 10.1. The zero-order chi connectivity index (χ0) is 17.3. The second kappa shape index (κ2) is 5.35. The lowest BCUT2D eigenvalue weighted by atomic mass is 9.46. The molecule has 3 saturated carbocycles. The number of hydrogen-bond donors (Lipinski definition) is 0. The Morgan fingerprint density at radius 3 is 2.62 bits per heavy atom. The summed E-state index contributed by atoms with van der Waals surface area (Å²) >= 11 is 0. The zero-order valence-electron chi connectivity index (χ0n) is 16.0. The molecule has 0 radical (unpaired) electrons. The lowest BCUT2D eigenvalue weighted by Crippen LogP contribution is -2.57. The normalized spacial score (nSPS) is 53.3. The van der Waals surface area contributed by atoms with Crippen LogP contribution in [0.3, 0.4) is 0 Å². The summed E-state index contributed by atoms with van der Waals surface area (Å²) in [5, 5.41) is 0. The Morgan fingerprint density at radius 1 is 1.17 bits per heavy atom. The van der Waals surface area contributed by atoms with Gasteiger partial charge in [-0.1, -0.05) is 40.7 Å². The quantitative estimate of drug-likeness (QED) is 0.615. The summed E-state index contributed by atoms with van der Waals surface area (Å²) < 4.78 is 5.78. The number of carbonyl (C=O) groups excluding carboxylic acids is 1. The average Bonchev–Trinajstić information content (AvgIpc) is 2.86. The van der Waals surface area contributed by atoms with Crippen LogP contribution in [0.25, 0.3) is 0 Å². The van der Waals surface area contributed by atoms with Crippen molar-refractivity contribution in [3.63, 3.8) is 0 Å². The van der Waals surface area contributed by atoms with E-state index in [9.17, 15) is 4.79 Å². The Balaban J connectivity index is 1.70. The topological polar surface area (TPSA) is 26.3 Å². The van der Waals surface area contributed by atoms with Gasteiger partial charge in [-0.15, -0.1) is 0 Å². The van der Waals surface area contributed by atoms with Gasteiger partial charge in [-0.2, -0.15) is 0 Å². The molecule has 8 atom stereocenters. The molecule has 0 aromatic rings. The molecule has 3 aliphatic carbocycles. The lowest BCUT2D eigenvalue weighted by molar-refractivity contribution is -0.175. The number of carbonyl (C=O) groups is 1. The second-order valence-electron chi connectivity index (χ2n) is 10.1. The van der Waals surface area contributed by atoms with Crippen molar-refractivity contribution in [2.24, 2.45) is 46.3 Å². The maximum atomic E-state index is 11.8. The van der Waals surface area contributed by atoms with Crippen LogP contribution in [0.1, 0.15) is 66.7 Å². The third-order valence-corrected chi connectivity index (χ3v) is 8.78. The largest absolute Gasteiger partial charge is 0.458 e. The van der Waals surface area contributed by atoms with E-state index < -0.39 is 0 Å². The highest BCUT2D eigenvalue weighted by Gasteiger charge is 2.62. The Labute approximate surface area is 147 Å². The fraction of sp³-hybridized carbons (Fsp3) is 0.864. The summed E-state index contributed by atoms with van der Waals surface area (Å²) in [6, 6.07) is 0. The minimum Gasteiger partial charge on any atom is -0.458 e. The average molecular weight is 331 g/mol. The van der Waals surface area contributed by atoms with E-state index in [1.54, 1.807) is 6.08 Å². The van der Waals surface area contributed by atoms with Crippen molar-refractivity contribution in [3.8, 4) is 0 Å². The van der Waals surface area contributed by atoms with Crippen LogP contribution in [0.2, 0.25) is 0 Å². The van der Waals surface area contributed by atoms with E-state index in [2.05, 4.69) is 40.7 Å². The van der Waals surface area contributed by atoms with Crippen molar-refractivity contribution in [1.29, 1.82) is 0 Å². The fourth-order valence-corrected chi connectivity index (χ4v) is 7.67. The molecule has 4 aliphatic rings. The molecule has 0 N–H and O–H groups in total. The molecule has 134 valence electrons. The Morgan fingerprint density at radius 2 is 1.92 bits per heavy atom. The van der Waals surface area contributed by atoms with E-state index in [4.69, 9.17) is 4.74 Å². The van der Waals surface area contributed by atoms with Crippen LogP contribution < -0.4 is 0 Å². The molecular weight excluding hydrogens is 296 g/mol. The van der Waals surface area contributed by atoms with Crippen molar-refractivity contribution in [3.05, 3.63) is 12.2 Å². The van der Waals surface area contributed by atoms with Crippen LogP contribution in [-0.2, 0) is 9.53 Å². The number of rotatable bonds is 1. The third kappa shape index (κ3) is 2.10. The fourth-order valence-electron chi connectivity index (χ4n) is 7.67. The zero-order valence-corrected chi connectivity index (χ0v) is 16.0. The molecule has 0 spiro atoms. The minimum absolute atomic E-state index is 0.0579. The van der Waals surface area contributed by atoms with Gasteiger partial charge < -0.3 is 4.74 Å². The van der Waals surface area contributed by atoms with Gasteiger partial charge in [0.15, 0.2) is 0 Å². The Kier molecular flexibility index (Phi) is 3.72. The van der Waals surface area contributed by atoms with Crippen LogP contribution in [0.5, 0.6) is 0 Å². The highest BCUT2D eigenvalue weighted by Crippen LogP contribution is 2.67. The maximum absolute atomic E-state index is 11.8. The van der Waals surface area contributed by atoms with Crippen molar-refractivity contribution < 1.29 is 9.53 Å². The van der Waals surface area contributed by atoms with Gasteiger partial charge in [0.25, 0.3) is 0 Å². The van der Waals surface area contributed by atoms with Crippen LogP contribution in [0, 0.1) is 46.3 Å². The molecule has 0 aromatic carbocycles. The van der Waals surface area contributed by atoms with E-state index in [-0.39, 0.29) is 17.5 Å². The highest BCUT2D eigenvalue weighted by molar-refractivity contribution is 5.83. The van der Waals surface area contributed by atoms with E-state index in [1.807, 2.05) is 0 Å². The van der Waals surface area contributed by atoms with Crippen LogP contribution in [0.4, 0.5) is 0 Å². The first kappa shape index (κ1) is 16.7. The smallest absolute Gasteiger partial charge is 0.330 e. The van der Waals surface area contributed by atoms with Crippen molar-refractivity contribution in [1.82, 2.24) is 0 Å². The van der Waals surface area contributed by atoms with Crippen molar-refractivity contribution in [2.75, 3.05) is 0 Å². The molecule has 3 unspecified atom stereocenters. The summed E-state index contributed by atoms with van der Waals surface area (Å²) in [6.45, 7) is 12.2. The monoisotopic (exact) mass is 330 g/mol. The summed E-state index contributed by atoms with van der Waals surface area (Å²) in [5.41, 5.74) is 0.587. The third-order valence-electron chi connectivity index (χ3n) is 8.78. The number of esters is 1. The summed E-state index contributed by atoms with van der Waals surface area (Å²) in [6.07, 6.45) is 10.5. The Bertz CT molecular complexity index is 564. The van der Waals surface area contributed by atoms with Crippen LogP contribution in [-0.4, -0.2) is 12.1 Å². The molecule has 2 nitrogen and oxygen atoms in total. The molecule has 24 heavy (non-hydrogen) atoms. The molecule has 1 aliphatic heterocycles. The molecule has 1 heterocycles. The predicted octanol–water partition coefficient (Wildman–Crippen LogP) is 5.23. The molecular formula is C22H34O2. The molecule has 0 bridgehead atoms.